The number of ether oxygens (including phenoxy) is 1. The Hall–Kier alpha value is -3.46. The van der Waals surface area contributed by atoms with Crippen LogP contribution >= 0.6 is 11.6 Å². The minimum Gasteiger partial charge on any atom is -0.469 e. The molecule has 0 saturated heterocycles. The van der Waals surface area contributed by atoms with Crippen molar-refractivity contribution < 1.29 is 13.5 Å². The third-order valence-corrected chi connectivity index (χ3v) is 4.07. The fraction of sp³-hybridized carbons (Fsp3) is 0.0556. The molecule has 4 aromatic rings. The van der Waals surface area contributed by atoms with Crippen molar-refractivity contribution >= 4 is 11.6 Å². The molecule has 0 saturated carbocycles. The minimum absolute atomic E-state index is 0.00739. The second-order valence-corrected chi connectivity index (χ2v) is 6.07. The van der Waals surface area contributed by atoms with E-state index in [4.69, 9.17) is 16.3 Å². The fourth-order valence-electron chi connectivity index (χ4n) is 2.41. The third kappa shape index (κ3) is 3.94. The van der Waals surface area contributed by atoms with Gasteiger partial charge in [0.05, 0.1) is 10.7 Å². The van der Waals surface area contributed by atoms with Crippen molar-refractivity contribution in [2.45, 2.75) is 6.61 Å². The predicted molar refractivity (Wildman–Crippen MR) is 96.3 cm³/mol. The minimum atomic E-state index is -0.593. The third-order valence-electron chi connectivity index (χ3n) is 3.76. The molecule has 0 unspecified atom stereocenters. The lowest BCUT2D eigenvalue weighted by Crippen LogP contribution is -2.02. The Balaban J connectivity index is 1.75. The van der Waals surface area contributed by atoms with Crippen LogP contribution in [-0.2, 0) is 6.61 Å². The first-order chi connectivity index (χ1) is 13.6. The van der Waals surface area contributed by atoms with Crippen molar-refractivity contribution in [3.05, 3.63) is 71.0 Å². The van der Waals surface area contributed by atoms with Gasteiger partial charge in [-0.2, -0.15) is 10.2 Å². The molecule has 2 aromatic heterocycles. The number of benzene rings is 2. The summed E-state index contributed by atoms with van der Waals surface area (Å²) in [5.74, 6) is -0.193. The topological polar surface area (TPSA) is 89.5 Å². The summed E-state index contributed by atoms with van der Waals surface area (Å²) in [4.78, 5) is 8.76. The van der Waals surface area contributed by atoms with Gasteiger partial charge in [-0.1, -0.05) is 16.8 Å². The molecule has 0 aliphatic rings. The first kappa shape index (κ1) is 17.9. The van der Waals surface area contributed by atoms with Crippen molar-refractivity contribution in [3.63, 3.8) is 0 Å². The lowest BCUT2D eigenvalue weighted by molar-refractivity contribution is 0.284. The summed E-state index contributed by atoms with van der Waals surface area (Å²) in [5, 5.41) is 13.4. The monoisotopic (exact) mass is 400 g/mol. The highest BCUT2D eigenvalue weighted by molar-refractivity contribution is 6.30. The largest absolute Gasteiger partial charge is 0.469 e. The van der Waals surface area contributed by atoms with Crippen LogP contribution in [-0.4, -0.2) is 30.6 Å². The van der Waals surface area contributed by atoms with E-state index >= 15 is 0 Å². The molecule has 4 rings (SSSR count). The summed E-state index contributed by atoms with van der Waals surface area (Å²) in [6.07, 6.45) is 0. The van der Waals surface area contributed by atoms with Crippen molar-refractivity contribution in [1.82, 2.24) is 30.6 Å². The summed E-state index contributed by atoms with van der Waals surface area (Å²) in [6.45, 7) is 0.0186. The van der Waals surface area contributed by atoms with Gasteiger partial charge < -0.3 is 4.74 Å². The van der Waals surface area contributed by atoms with E-state index in [0.29, 0.717) is 22.6 Å². The standard InChI is InChI=1S/C18H11ClF2N6O/c19-13-6-3-11(7-14(13)21)18-22-15(10-1-4-12(20)5-2-10)8-17(23-18)28-9-16-24-26-27-25-16/h1-8H,9H2,(H,24,25,26,27). The predicted octanol–water partition coefficient (Wildman–Crippen LogP) is 3.83. The molecular weight excluding hydrogens is 390 g/mol. The average Bonchev–Trinajstić information content (AvgIpc) is 3.22. The second-order valence-electron chi connectivity index (χ2n) is 5.67. The lowest BCUT2D eigenvalue weighted by Gasteiger charge is -2.09. The highest BCUT2D eigenvalue weighted by atomic mass is 35.5. The Morgan fingerprint density at radius 2 is 1.75 bits per heavy atom. The maximum atomic E-state index is 13.9. The Morgan fingerprint density at radius 1 is 0.964 bits per heavy atom. The molecular formula is C18H11ClF2N6O. The van der Waals surface area contributed by atoms with E-state index < -0.39 is 5.82 Å². The highest BCUT2D eigenvalue weighted by Gasteiger charge is 2.12. The number of aromatic nitrogens is 6. The summed E-state index contributed by atoms with van der Waals surface area (Å²) < 4.78 is 32.8. The van der Waals surface area contributed by atoms with Crippen LogP contribution in [0.25, 0.3) is 22.6 Å². The van der Waals surface area contributed by atoms with E-state index in [2.05, 4.69) is 30.6 Å². The molecule has 0 aliphatic carbocycles. The van der Waals surface area contributed by atoms with Crippen LogP contribution in [0.2, 0.25) is 5.02 Å². The maximum absolute atomic E-state index is 13.9. The zero-order chi connectivity index (χ0) is 19.5. The van der Waals surface area contributed by atoms with Gasteiger partial charge in [-0.15, -0.1) is 10.2 Å². The number of tetrazole rings is 1. The molecule has 0 bridgehead atoms. The van der Waals surface area contributed by atoms with E-state index in [1.165, 1.54) is 24.3 Å². The number of halogens is 3. The van der Waals surface area contributed by atoms with Crippen LogP contribution in [0, 0.1) is 11.6 Å². The molecule has 0 spiro atoms. The zero-order valence-electron chi connectivity index (χ0n) is 14.1. The van der Waals surface area contributed by atoms with Gasteiger partial charge in [0.2, 0.25) is 11.7 Å². The van der Waals surface area contributed by atoms with E-state index in [-0.39, 0.29) is 29.2 Å². The second kappa shape index (κ2) is 7.65. The van der Waals surface area contributed by atoms with Crippen LogP contribution in [0.1, 0.15) is 5.82 Å². The molecule has 1 N–H and O–H groups in total. The number of nitrogens with zero attached hydrogens (tertiary/aromatic N) is 5. The zero-order valence-corrected chi connectivity index (χ0v) is 14.9. The Kier molecular flexibility index (Phi) is 4.90. The van der Waals surface area contributed by atoms with Gasteiger partial charge in [-0.3, -0.25) is 0 Å². The van der Waals surface area contributed by atoms with Crippen LogP contribution in [0.5, 0.6) is 5.88 Å². The first-order valence-corrected chi connectivity index (χ1v) is 8.42. The molecule has 0 fully saturated rings. The first-order valence-electron chi connectivity index (χ1n) is 8.04. The quantitative estimate of drug-likeness (QED) is 0.547. The van der Waals surface area contributed by atoms with E-state index in [1.807, 2.05) is 0 Å². The van der Waals surface area contributed by atoms with Crippen molar-refractivity contribution in [1.29, 1.82) is 0 Å². The lowest BCUT2D eigenvalue weighted by atomic mass is 10.1. The SMILES string of the molecule is Fc1ccc(-c2cc(OCc3nn[nH]n3)nc(-c3ccc(Cl)c(F)c3)n2)cc1. The number of aromatic amines is 1. The molecule has 2 heterocycles. The van der Waals surface area contributed by atoms with Crippen LogP contribution in [0.15, 0.2) is 48.5 Å². The van der Waals surface area contributed by atoms with E-state index in [1.54, 1.807) is 24.3 Å². The van der Waals surface area contributed by atoms with Crippen molar-refractivity contribution in [2.24, 2.45) is 0 Å². The Bertz CT molecular complexity index is 1110. The van der Waals surface area contributed by atoms with Gasteiger partial charge in [0.1, 0.15) is 11.6 Å². The fourth-order valence-corrected chi connectivity index (χ4v) is 2.53. The van der Waals surface area contributed by atoms with E-state index in [0.717, 1.165) is 0 Å². The van der Waals surface area contributed by atoms with Crippen LogP contribution in [0.3, 0.4) is 0 Å². The van der Waals surface area contributed by atoms with Crippen molar-refractivity contribution in [3.8, 4) is 28.5 Å². The van der Waals surface area contributed by atoms with Crippen molar-refractivity contribution in [2.75, 3.05) is 0 Å². The van der Waals surface area contributed by atoms with Gasteiger partial charge >= 0.3 is 0 Å². The Labute approximate surface area is 162 Å². The number of H-pyrrole nitrogens is 1. The van der Waals surface area contributed by atoms with Gasteiger partial charge in [0.25, 0.3) is 0 Å². The van der Waals surface area contributed by atoms with E-state index in [9.17, 15) is 8.78 Å². The molecule has 28 heavy (non-hydrogen) atoms. The number of hydrogen-bond donors (Lipinski definition) is 1. The smallest absolute Gasteiger partial charge is 0.217 e. The summed E-state index contributed by atoms with van der Waals surface area (Å²) in [7, 11) is 0. The maximum Gasteiger partial charge on any atom is 0.217 e. The molecule has 0 aliphatic heterocycles. The number of nitrogens with one attached hydrogen (secondary N) is 1. The molecule has 10 heteroatoms. The number of hydrogen-bond acceptors (Lipinski definition) is 6. The summed E-state index contributed by atoms with van der Waals surface area (Å²) in [6, 6.07) is 11.6. The highest BCUT2D eigenvalue weighted by Crippen LogP contribution is 2.27. The van der Waals surface area contributed by atoms with Gasteiger partial charge in [-0.25, -0.2) is 13.8 Å². The summed E-state index contributed by atoms with van der Waals surface area (Å²) >= 11 is 5.75. The normalized spacial score (nSPS) is 10.8. The molecule has 2 aromatic carbocycles. The molecule has 0 amide bonds. The molecule has 0 atom stereocenters. The molecule has 140 valence electrons. The van der Waals surface area contributed by atoms with Gasteiger partial charge in [0.15, 0.2) is 12.4 Å². The average molecular weight is 401 g/mol. The summed E-state index contributed by atoms with van der Waals surface area (Å²) in [5.41, 5.74) is 1.53. The van der Waals surface area contributed by atoms with Gasteiger partial charge in [-0.05, 0) is 42.5 Å². The van der Waals surface area contributed by atoms with Gasteiger partial charge in [0, 0.05) is 17.2 Å². The molecule has 7 nitrogen and oxygen atoms in total. The number of rotatable bonds is 5. The molecule has 0 radical (unpaired) electrons. The van der Waals surface area contributed by atoms with Crippen LogP contribution in [0.4, 0.5) is 8.78 Å². The van der Waals surface area contributed by atoms with Crippen LogP contribution < -0.4 is 4.74 Å². The Morgan fingerprint density at radius 3 is 2.46 bits per heavy atom.